The van der Waals surface area contributed by atoms with Gasteiger partial charge in [0.1, 0.15) is 0 Å². The van der Waals surface area contributed by atoms with Crippen LogP contribution in [0.15, 0.2) is 51.4 Å². The van der Waals surface area contributed by atoms with Crippen LogP contribution in [0.2, 0.25) is 5.02 Å². The predicted octanol–water partition coefficient (Wildman–Crippen LogP) is 4.32. The van der Waals surface area contributed by atoms with Crippen LogP contribution < -0.4 is 5.43 Å². The Balaban J connectivity index is 1.67. The van der Waals surface area contributed by atoms with E-state index in [1.165, 1.54) is 6.21 Å². The molecule has 0 radical (unpaired) electrons. The largest absolute Gasteiger partial charge is 0.291 e. The number of aromatic nitrogens is 2. The standard InChI is InChI=1S/C15H10BrClN4OS/c16-14-6-5-13(23-14)11-7-12(20-19-11)15(22)21-18-8-9-3-1-2-4-10(9)17/h1-8H,(H,19,20)(H,21,22)/b18-8-. The van der Waals surface area contributed by atoms with Gasteiger partial charge in [0.15, 0.2) is 5.69 Å². The molecule has 2 aromatic heterocycles. The van der Waals surface area contributed by atoms with Crippen LogP contribution in [-0.2, 0) is 0 Å². The summed E-state index contributed by atoms with van der Waals surface area (Å²) in [5.41, 5.74) is 4.19. The van der Waals surface area contributed by atoms with Crippen molar-refractivity contribution >= 4 is 51.0 Å². The molecule has 0 saturated heterocycles. The van der Waals surface area contributed by atoms with Crippen molar-refractivity contribution in [1.82, 2.24) is 15.6 Å². The molecule has 8 heteroatoms. The molecule has 2 N–H and O–H groups in total. The SMILES string of the molecule is O=C(N/N=C\c1ccccc1Cl)c1cc(-c2ccc(Br)s2)[nH]n1. The van der Waals surface area contributed by atoms with Gasteiger partial charge in [-0.25, -0.2) is 5.43 Å². The summed E-state index contributed by atoms with van der Waals surface area (Å²) in [5, 5.41) is 11.3. The molecule has 0 bridgehead atoms. The van der Waals surface area contributed by atoms with Crippen molar-refractivity contribution in [1.29, 1.82) is 0 Å². The smallest absolute Gasteiger partial charge is 0.276 e. The molecule has 116 valence electrons. The minimum Gasteiger partial charge on any atom is -0.276 e. The lowest BCUT2D eigenvalue weighted by molar-refractivity contribution is 0.0950. The van der Waals surface area contributed by atoms with E-state index in [0.29, 0.717) is 5.02 Å². The quantitative estimate of drug-likeness (QED) is 0.498. The Morgan fingerprint density at radius 2 is 2.17 bits per heavy atom. The molecule has 3 aromatic rings. The van der Waals surface area contributed by atoms with Crippen LogP contribution in [0, 0.1) is 0 Å². The first kappa shape index (κ1) is 15.9. The highest BCUT2D eigenvalue weighted by Gasteiger charge is 2.11. The molecular formula is C15H10BrClN4OS. The van der Waals surface area contributed by atoms with Crippen LogP contribution in [0.5, 0.6) is 0 Å². The minimum atomic E-state index is -0.397. The predicted molar refractivity (Wildman–Crippen MR) is 96.1 cm³/mol. The number of nitrogens with one attached hydrogen (secondary N) is 2. The topological polar surface area (TPSA) is 70.1 Å². The molecule has 23 heavy (non-hydrogen) atoms. The van der Waals surface area contributed by atoms with Gasteiger partial charge in [0.25, 0.3) is 5.91 Å². The molecule has 0 spiro atoms. The maximum absolute atomic E-state index is 12.0. The van der Waals surface area contributed by atoms with Gasteiger partial charge in [-0.05, 0) is 40.2 Å². The van der Waals surface area contributed by atoms with E-state index in [0.717, 1.165) is 19.9 Å². The molecule has 0 saturated carbocycles. The molecular weight excluding hydrogens is 400 g/mol. The van der Waals surface area contributed by atoms with E-state index in [-0.39, 0.29) is 5.69 Å². The molecule has 2 heterocycles. The fourth-order valence-electron chi connectivity index (χ4n) is 1.82. The van der Waals surface area contributed by atoms with Gasteiger partial charge >= 0.3 is 0 Å². The minimum absolute atomic E-state index is 0.265. The molecule has 3 rings (SSSR count). The number of aromatic amines is 1. The van der Waals surface area contributed by atoms with Crippen LogP contribution in [0.25, 0.3) is 10.6 Å². The van der Waals surface area contributed by atoms with Gasteiger partial charge in [-0.3, -0.25) is 9.89 Å². The van der Waals surface area contributed by atoms with E-state index in [2.05, 4.69) is 36.7 Å². The van der Waals surface area contributed by atoms with Crippen molar-refractivity contribution in [3.63, 3.8) is 0 Å². The van der Waals surface area contributed by atoms with E-state index in [4.69, 9.17) is 11.6 Å². The molecule has 0 fully saturated rings. The maximum Gasteiger partial charge on any atom is 0.291 e. The van der Waals surface area contributed by atoms with Crippen LogP contribution >= 0.6 is 38.9 Å². The lowest BCUT2D eigenvalue weighted by Crippen LogP contribution is -2.18. The summed E-state index contributed by atoms with van der Waals surface area (Å²) < 4.78 is 1.01. The highest BCUT2D eigenvalue weighted by Crippen LogP contribution is 2.30. The fraction of sp³-hybridized carbons (Fsp3) is 0. The zero-order valence-electron chi connectivity index (χ0n) is 11.6. The second-order valence-electron chi connectivity index (χ2n) is 4.49. The first-order valence-corrected chi connectivity index (χ1v) is 8.51. The highest BCUT2D eigenvalue weighted by atomic mass is 79.9. The van der Waals surface area contributed by atoms with Crippen molar-refractivity contribution in [2.45, 2.75) is 0 Å². The summed E-state index contributed by atoms with van der Waals surface area (Å²) in [6, 6.07) is 12.8. The molecule has 0 aliphatic rings. The summed E-state index contributed by atoms with van der Waals surface area (Å²) in [6.07, 6.45) is 1.49. The fourth-order valence-corrected chi connectivity index (χ4v) is 3.36. The third kappa shape index (κ3) is 3.87. The Labute approximate surface area is 149 Å². The number of benzene rings is 1. The van der Waals surface area contributed by atoms with E-state index < -0.39 is 5.91 Å². The van der Waals surface area contributed by atoms with Crippen LogP contribution in [0.4, 0.5) is 0 Å². The molecule has 0 aliphatic heterocycles. The zero-order valence-corrected chi connectivity index (χ0v) is 14.7. The number of carbonyl (C=O) groups excluding carboxylic acids is 1. The van der Waals surface area contributed by atoms with E-state index in [1.54, 1.807) is 29.5 Å². The maximum atomic E-state index is 12.0. The van der Waals surface area contributed by atoms with Crippen molar-refractivity contribution in [2.75, 3.05) is 0 Å². The number of thiophene rings is 1. The van der Waals surface area contributed by atoms with E-state index in [9.17, 15) is 4.79 Å². The summed E-state index contributed by atoms with van der Waals surface area (Å²) in [4.78, 5) is 13.0. The molecule has 5 nitrogen and oxygen atoms in total. The van der Waals surface area contributed by atoms with Crippen molar-refractivity contribution in [3.05, 3.63) is 62.5 Å². The lowest BCUT2D eigenvalue weighted by Gasteiger charge is -1.97. The summed E-state index contributed by atoms with van der Waals surface area (Å²) in [5.74, 6) is -0.397. The third-order valence-electron chi connectivity index (χ3n) is 2.92. The van der Waals surface area contributed by atoms with Gasteiger partial charge in [-0.2, -0.15) is 10.2 Å². The average Bonchev–Trinajstić information content (AvgIpc) is 3.18. The number of nitrogens with zero attached hydrogens (tertiary/aromatic N) is 2. The van der Waals surface area contributed by atoms with E-state index >= 15 is 0 Å². The molecule has 1 aromatic carbocycles. The third-order valence-corrected chi connectivity index (χ3v) is 4.93. The number of hydrogen-bond donors (Lipinski definition) is 2. The molecule has 0 atom stereocenters. The van der Waals surface area contributed by atoms with Crippen molar-refractivity contribution < 1.29 is 4.79 Å². The molecule has 0 aliphatic carbocycles. The van der Waals surface area contributed by atoms with Gasteiger partial charge in [0, 0.05) is 10.6 Å². The Hall–Kier alpha value is -1.96. The van der Waals surface area contributed by atoms with Gasteiger partial charge in [0.2, 0.25) is 0 Å². The first-order chi connectivity index (χ1) is 11.1. The Morgan fingerprint density at radius 1 is 1.35 bits per heavy atom. The van der Waals surface area contributed by atoms with Crippen LogP contribution in [0.3, 0.4) is 0 Å². The van der Waals surface area contributed by atoms with Gasteiger partial charge < -0.3 is 0 Å². The number of hydrogen-bond acceptors (Lipinski definition) is 4. The Kier molecular flexibility index (Phi) is 4.90. The van der Waals surface area contributed by atoms with Crippen LogP contribution in [-0.4, -0.2) is 22.3 Å². The van der Waals surface area contributed by atoms with Gasteiger partial charge in [-0.1, -0.05) is 29.8 Å². The average molecular weight is 410 g/mol. The molecule has 0 unspecified atom stereocenters. The highest BCUT2D eigenvalue weighted by molar-refractivity contribution is 9.11. The zero-order chi connectivity index (χ0) is 16.2. The number of rotatable bonds is 4. The number of H-pyrrole nitrogens is 1. The van der Waals surface area contributed by atoms with Gasteiger partial charge in [-0.15, -0.1) is 11.3 Å². The Bertz CT molecular complexity index is 874. The Morgan fingerprint density at radius 3 is 2.91 bits per heavy atom. The summed E-state index contributed by atoms with van der Waals surface area (Å²) in [7, 11) is 0. The van der Waals surface area contributed by atoms with Crippen molar-refractivity contribution in [2.24, 2.45) is 5.10 Å². The first-order valence-electron chi connectivity index (χ1n) is 6.52. The summed E-state index contributed by atoms with van der Waals surface area (Å²) in [6.45, 7) is 0. The lowest BCUT2D eigenvalue weighted by atomic mass is 10.2. The second kappa shape index (κ2) is 7.08. The number of carbonyl (C=O) groups is 1. The number of halogens is 2. The number of amides is 1. The second-order valence-corrected chi connectivity index (χ2v) is 7.36. The summed E-state index contributed by atoms with van der Waals surface area (Å²) >= 11 is 11.0. The van der Waals surface area contributed by atoms with Crippen LogP contribution in [0.1, 0.15) is 16.1 Å². The van der Waals surface area contributed by atoms with Crippen molar-refractivity contribution in [3.8, 4) is 10.6 Å². The molecule has 1 amide bonds. The monoisotopic (exact) mass is 408 g/mol. The van der Waals surface area contributed by atoms with E-state index in [1.807, 2.05) is 24.3 Å². The normalized spacial score (nSPS) is 11.0. The van der Waals surface area contributed by atoms with Gasteiger partial charge in [0.05, 0.1) is 20.6 Å². The number of hydrazone groups is 1.